The molecule has 1 aromatic heterocycles. The van der Waals surface area contributed by atoms with E-state index in [1.165, 1.54) is 24.0 Å². The molecule has 92 valence electrons. The van der Waals surface area contributed by atoms with E-state index in [2.05, 4.69) is 46.5 Å². The van der Waals surface area contributed by atoms with Crippen molar-refractivity contribution in [1.29, 1.82) is 0 Å². The van der Waals surface area contributed by atoms with Gasteiger partial charge in [0.25, 0.3) is 0 Å². The predicted molar refractivity (Wildman–Crippen MR) is 73.6 cm³/mol. The van der Waals surface area contributed by atoms with Crippen molar-refractivity contribution in [3.63, 3.8) is 0 Å². The van der Waals surface area contributed by atoms with Gasteiger partial charge in [0.15, 0.2) is 5.82 Å². The second kappa shape index (κ2) is 4.77. The van der Waals surface area contributed by atoms with Gasteiger partial charge in [0.1, 0.15) is 5.69 Å². The Balaban J connectivity index is 2.09. The fourth-order valence-corrected chi connectivity index (χ4v) is 2.29. The Morgan fingerprint density at radius 3 is 2.72 bits per heavy atom. The lowest BCUT2D eigenvalue weighted by Gasteiger charge is -2.12. The average Bonchev–Trinajstić information content (AvgIpc) is 3.24. The Morgan fingerprint density at radius 1 is 1.17 bits per heavy atom. The maximum atomic E-state index is 4.51. The third-order valence-electron chi connectivity index (χ3n) is 3.28. The third kappa shape index (κ3) is 2.08. The van der Waals surface area contributed by atoms with Crippen molar-refractivity contribution in [3.05, 3.63) is 42.2 Å². The van der Waals surface area contributed by atoms with Crippen molar-refractivity contribution in [1.82, 2.24) is 9.97 Å². The van der Waals surface area contributed by atoms with E-state index in [4.69, 9.17) is 0 Å². The first-order chi connectivity index (χ1) is 8.90. The summed E-state index contributed by atoms with van der Waals surface area (Å²) in [5.74, 6) is 1.60. The molecule has 0 aliphatic heterocycles. The highest BCUT2D eigenvalue weighted by Gasteiger charge is 2.27. The first kappa shape index (κ1) is 11.2. The minimum absolute atomic E-state index is 0.720. The number of aromatic nitrogens is 2. The molecule has 0 atom stereocenters. The van der Waals surface area contributed by atoms with Crippen LogP contribution in [0, 0.1) is 0 Å². The summed E-state index contributed by atoms with van der Waals surface area (Å²) in [6, 6.07) is 8.56. The van der Waals surface area contributed by atoms with E-state index < -0.39 is 0 Å². The second-order valence-electron chi connectivity index (χ2n) is 4.65. The molecule has 1 N–H and O–H groups in total. The highest BCUT2D eigenvalue weighted by Crippen LogP contribution is 2.44. The van der Waals surface area contributed by atoms with E-state index in [1.807, 2.05) is 0 Å². The summed E-state index contributed by atoms with van der Waals surface area (Å²) in [6.45, 7) is 2.93. The lowest BCUT2D eigenvalue weighted by molar-refractivity contribution is 1.10. The zero-order chi connectivity index (χ0) is 12.4. The normalized spacial score (nSPS) is 14.5. The molecule has 1 aliphatic rings. The molecule has 18 heavy (non-hydrogen) atoms. The molecule has 3 nitrogen and oxygen atoms in total. The molecule has 3 rings (SSSR count). The fraction of sp³-hybridized carbons (Fsp3) is 0.333. The number of benzene rings is 1. The predicted octanol–water partition coefficient (Wildman–Crippen LogP) is 3.45. The number of nitrogens with zero attached hydrogens (tertiary/aromatic N) is 2. The van der Waals surface area contributed by atoms with Crippen LogP contribution in [0.4, 0.5) is 5.82 Å². The standard InChI is InChI=1S/C15H17N3/c1-2-16-15-14(17-9-10-18-15)13-6-4-3-5-12(13)11-7-8-11/h3-6,9-11H,2,7-8H2,1H3,(H,16,18). The van der Waals surface area contributed by atoms with Gasteiger partial charge in [-0.15, -0.1) is 0 Å². The topological polar surface area (TPSA) is 37.8 Å². The minimum Gasteiger partial charge on any atom is -0.369 e. The van der Waals surface area contributed by atoms with Gasteiger partial charge in [0.05, 0.1) is 0 Å². The molecular weight excluding hydrogens is 222 g/mol. The van der Waals surface area contributed by atoms with Crippen LogP contribution in [0.5, 0.6) is 0 Å². The van der Waals surface area contributed by atoms with Crippen molar-refractivity contribution < 1.29 is 0 Å². The van der Waals surface area contributed by atoms with Gasteiger partial charge in [-0.1, -0.05) is 24.3 Å². The highest BCUT2D eigenvalue weighted by atomic mass is 15.0. The molecule has 1 heterocycles. The Hall–Kier alpha value is -1.90. The summed E-state index contributed by atoms with van der Waals surface area (Å²) < 4.78 is 0. The average molecular weight is 239 g/mol. The molecule has 0 radical (unpaired) electrons. The van der Waals surface area contributed by atoms with E-state index >= 15 is 0 Å². The number of rotatable bonds is 4. The summed E-state index contributed by atoms with van der Waals surface area (Å²) in [4.78, 5) is 8.91. The third-order valence-corrected chi connectivity index (χ3v) is 3.28. The smallest absolute Gasteiger partial charge is 0.152 e. The molecule has 2 aromatic rings. The Kier molecular flexibility index (Phi) is 2.97. The van der Waals surface area contributed by atoms with Crippen LogP contribution in [0.3, 0.4) is 0 Å². The van der Waals surface area contributed by atoms with E-state index in [-0.39, 0.29) is 0 Å². The van der Waals surface area contributed by atoms with Crippen LogP contribution in [0.25, 0.3) is 11.3 Å². The summed E-state index contributed by atoms with van der Waals surface area (Å²) in [6.07, 6.45) is 6.10. The largest absolute Gasteiger partial charge is 0.369 e. The minimum atomic E-state index is 0.720. The number of hydrogen-bond acceptors (Lipinski definition) is 3. The van der Waals surface area contributed by atoms with Crippen LogP contribution in [0.15, 0.2) is 36.7 Å². The van der Waals surface area contributed by atoms with Crippen LogP contribution < -0.4 is 5.32 Å². The Bertz CT molecular complexity index is 547. The van der Waals surface area contributed by atoms with Crippen LogP contribution >= 0.6 is 0 Å². The molecular formula is C15H17N3. The monoisotopic (exact) mass is 239 g/mol. The molecule has 0 saturated heterocycles. The van der Waals surface area contributed by atoms with Crippen LogP contribution in [0.1, 0.15) is 31.2 Å². The molecule has 1 aromatic carbocycles. The molecule has 0 spiro atoms. The van der Waals surface area contributed by atoms with Crippen molar-refractivity contribution in [3.8, 4) is 11.3 Å². The molecule has 0 unspecified atom stereocenters. The van der Waals surface area contributed by atoms with E-state index in [0.717, 1.165) is 24.0 Å². The van der Waals surface area contributed by atoms with Gasteiger partial charge in [0, 0.05) is 24.5 Å². The molecule has 1 aliphatic carbocycles. The maximum Gasteiger partial charge on any atom is 0.152 e. The maximum absolute atomic E-state index is 4.51. The van der Waals surface area contributed by atoms with Crippen molar-refractivity contribution in [2.45, 2.75) is 25.7 Å². The summed E-state index contributed by atoms with van der Waals surface area (Å²) >= 11 is 0. The van der Waals surface area contributed by atoms with Crippen molar-refractivity contribution >= 4 is 5.82 Å². The van der Waals surface area contributed by atoms with Crippen LogP contribution in [0.2, 0.25) is 0 Å². The van der Waals surface area contributed by atoms with E-state index in [9.17, 15) is 0 Å². The first-order valence-electron chi connectivity index (χ1n) is 6.54. The Labute approximate surface area is 107 Å². The van der Waals surface area contributed by atoms with Crippen molar-refractivity contribution in [2.24, 2.45) is 0 Å². The van der Waals surface area contributed by atoms with Gasteiger partial charge in [-0.3, -0.25) is 4.98 Å². The van der Waals surface area contributed by atoms with Gasteiger partial charge in [-0.05, 0) is 31.2 Å². The molecule has 1 fully saturated rings. The van der Waals surface area contributed by atoms with E-state index in [0.29, 0.717) is 0 Å². The fourth-order valence-electron chi connectivity index (χ4n) is 2.29. The quantitative estimate of drug-likeness (QED) is 0.888. The number of nitrogens with one attached hydrogen (secondary N) is 1. The summed E-state index contributed by atoms with van der Waals surface area (Å²) in [7, 11) is 0. The van der Waals surface area contributed by atoms with Gasteiger partial charge < -0.3 is 5.32 Å². The lowest BCUT2D eigenvalue weighted by atomic mass is 10.0. The molecule has 0 amide bonds. The summed E-state index contributed by atoms with van der Waals surface area (Å²) in [5, 5.41) is 3.29. The molecule has 3 heteroatoms. The Morgan fingerprint density at radius 2 is 1.94 bits per heavy atom. The lowest BCUT2D eigenvalue weighted by Crippen LogP contribution is -2.03. The molecule has 0 bridgehead atoms. The summed E-state index contributed by atoms with van der Waals surface area (Å²) in [5.41, 5.74) is 3.61. The van der Waals surface area contributed by atoms with E-state index in [1.54, 1.807) is 12.4 Å². The number of anilines is 1. The molecule has 1 saturated carbocycles. The van der Waals surface area contributed by atoms with Crippen LogP contribution in [-0.4, -0.2) is 16.5 Å². The van der Waals surface area contributed by atoms with Crippen molar-refractivity contribution in [2.75, 3.05) is 11.9 Å². The van der Waals surface area contributed by atoms with Gasteiger partial charge in [0.2, 0.25) is 0 Å². The zero-order valence-electron chi connectivity index (χ0n) is 10.6. The van der Waals surface area contributed by atoms with Crippen LogP contribution in [-0.2, 0) is 0 Å². The van der Waals surface area contributed by atoms with Gasteiger partial charge in [-0.2, -0.15) is 0 Å². The highest BCUT2D eigenvalue weighted by molar-refractivity contribution is 5.74. The first-order valence-corrected chi connectivity index (χ1v) is 6.54. The second-order valence-corrected chi connectivity index (χ2v) is 4.65. The van der Waals surface area contributed by atoms with Gasteiger partial charge in [-0.25, -0.2) is 4.98 Å². The number of hydrogen-bond donors (Lipinski definition) is 1. The SMILES string of the molecule is CCNc1nccnc1-c1ccccc1C1CC1. The zero-order valence-corrected chi connectivity index (χ0v) is 10.6. The van der Waals surface area contributed by atoms with Gasteiger partial charge >= 0.3 is 0 Å².